The first-order chi connectivity index (χ1) is 21.3. The Bertz CT molecular complexity index is 2450. The highest BCUT2D eigenvalue weighted by Crippen LogP contribution is 2.39. The molecule has 0 fully saturated rings. The topological polar surface area (TPSA) is 48.8 Å². The molecule has 5 heteroatoms. The van der Waals surface area contributed by atoms with Crippen molar-refractivity contribution in [2.45, 2.75) is 0 Å². The van der Waals surface area contributed by atoms with Gasteiger partial charge in [-0.05, 0) is 60.7 Å². The number of fused-ring (bicyclic) bond motifs is 6. The average Bonchev–Trinajstić information content (AvgIpc) is 3.78. The molecule has 9 rings (SSSR count). The number of para-hydroxylation sites is 5. The van der Waals surface area contributed by atoms with Gasteiger partial charge < -0.3 is 13.6 Å². The van der Waals surface area contributed by atoms with Crippen molar-refractivity contribution in [2.75, 3.05) is 0 Å². The van der Waals surface area contributed by atoms with Crippen molar-refractivity contribution in [3.05, 3.63) is 146 Å². The summed E-state index contributed by atoms with van der Waals surface area (Å²) in [4.78, 5) is 0. The Morgan fingerprint density at radius 3 is 1.72 bits per heavy atom. The van der Waals surface area contributed by atoms with Crippen LogP contribution in [0.25, 0.3) is 77.9 Å². The van der Waals surface area contributed by atoms with E-state index < -0.39 is 0 Å². The maximum absolute atomic E-state index is 6.46. The molecule has 0 aliphatic rings. The quantitative estimate of drug-likeness (QED) is 0.218. The minimum absolute atomic E-state index is 0.493. The third kappa shape index (κ3) is 3.58. The molecule has 3 heterocycles. The molecule has 0 aliphatic heterocycles. The van der Waals surface area contributed by atoms with Crippen LogP contribution in [-0.2, 0) is 0 Å². The van der Waals surface area contributed by atoms with Crippen LogP contribution in [0.3, 0.4) is 0 Å². The summed E-state index contributed by atoms with van der Waals surface area (Å²) in [6, 6.07) is 50.5. The molecule has 9 aromatic rings. The van der Waals surface area contributed by atoms with Crippen LogP contribution in [0.2, 0.25) is 0 Å². The molecule has 43 heavy (non-hydrogen) atoms. The second-order valence-corrected chi connectivity index (χ2v) is 10.7. The number of hydrogen-bond donors (Lipinski definition) is 0. The summed E-state index contributed by atoms with van der Waals surface area (Å²) in [5, 5.41) is 13.8. The van der Waals surface area contributed by atoms with Crippen LogP contribution >= 0.6 is 0 Å². The number of rotatable bonds is 4. The van der Waals surface area contributed by atoms with Crippen molar-refractivity contribution in [1.29, 1.82) is 0 Å². The fourth-order valence-corrected chi connectivity index (χ4v) is 6.45. The minimum atomic E-state index is 0.493. The summed E-state index contributed by atoms with van der Waals surface area (Å²) in [5.74, 6) is 0.986. The van der Waals surface area contributed by atoms with E-state index in [0.717, 1.165) is 55.3 Å². The number of aromatic nitrogens is 4. The Morgan fingerprint density at radius 2 is 0.977 bits per heavy atom. The SMILES string of the molecule is c1ccc(-n2c3ccccc3c3cc(-c4nnc(-c5cccc6c7ccccc7n(-c7ccccc7)c56)o4)ccc32)cc1. The molecule has 0 N–H and O–H groups in total. The van der Waals surface area contributed by atoms with Crippen LogP contribution in [-0.4, -0.2) is 19.3 Å². The third-order valence-corrected chi connectivity index (χ3v) is 8.30. The van der Waals surface area contributed by atoms with E-state index >= 15 is 0 Å². The highest BCUT2D eigenvalue weighted by Gasteiger charge is 2.20. The van der Waals surface area contributed by atoms with E-state index in [2.05, 4.69) is 153 Å². The zero-order valence-corrected chi connectivity index (χ0v) is 23.1. The Morgan fingerprint density at radius 1 is 0.419 bits per heavy atom. The highest BCUT2D eigenvalue weighted by molar-refractivity contribution is 6.13. The molecular formula is C38H24N4O. The van der Waals surface area contributed by atoms with Gasteiger partial charge in [0.15, 0.2) is 0 Å². The monoisotopic (exact) mass is 552 g/mol. The molecule has 0 radical (unpaired) electrons. The molecule has 6 aromatic carbocycles. The van der Waals surface area contributed by atoms with E-state index in [1.165, 1.54) is 10.8 Å². The van der Waals surface area contributed by atoms with Crippen LogP contribution in [0, 0.1) is 0 Å². The van der Waals surface area contributed by atoms with Crippen molar-refractivity contribution in [2.24, 2.45) is 0 Å². The van der Waals surface area contributed by atoms with E-state index in [4.69, 9.17) is 4.42 Å². The smallest absolute Gasteiger partial charge is 0.250 e. The maximum atomic E-state index is 6.46. The first-order valence-corrected chi connectivity index (χ1v) is 14.4. The largest absolute Gasteiger partial charge is 0.416 e. The first kappa shape index (κ1) is 23.7. The summed E-state index contributed by atoms with van der Waals surface area (Å²) in [6.07, 6.45) is 0. The van der Waals surface area contributed by atoms with Gasteiger partial charge in [-0.1, -0.05) is 84.9 Å². The average molecular weight is 553 g/mol. The second-order valence-electron chi connectivity index (χ2n) is 10.7. The Kier molecular flexibility index (Phi) is 5.13. The van der Waals surface area contributed by atoms with E-state index in [9.17, 15) is 0 Å². The van der Waals surface area contributed by atoms with Crippen LogP contribution in [0.15, 0.2) is 150 Å². The zero-order valence-electron chi connectivity index (χ0n) is 23.1. The Labute approximate surface area is 246 Å². The van der Waals surface area contributed by atoms with Gasteiger partial charge in [0.25, 0.3) is 0 Å². The summed E-state index contributed by atoms with van der Waals surface area (Å²) < 4.78 is 11.0. The summed E-state index contributed by atoms with van der Waals surface area (Å²) in [6.45, 7) is 0. The zero-order chi connectivity index (χ0) is 28.3. The molecule has 0 spiro atoms. The van der Waals surface area contributed by atoms with E-state index in [-0.39, 0.29) is 0 Å². The third-order valence-electron chi connectivity index (χ3n) is 8.30. The van der Waals surface area contributed by atoms with Gasteiger partial charge in [-0.2, -0.15) is 0 Å². The van der Waals surface area contributed by atoms with Crippen molar-refractivity contribution in [3.63, 3.8) is 0 Å². The lowest BCUT2D eigenvalue weighted by molar-refractivity contribution is 0.585. The predicted octanol–water partition coefficient (Wildman–Crippen LogP) is 9.60. The molecule has 0 aliphatic carbocycles. The van der Waals surface area contributed by atoms with Gasteiger partial charge in [0, 0.05) is 38.5 Å². The van der Waals surface area contributed by atoms with Gasteiger partial charge in [0.1, 0.15) is 0 Å². The summed E-state index contributed by atoms with van der Waals surface area (Å²) >= 11 is 0. The van der Waals surface area contributed by atoms with E-state index in [1.54, 1.807) is 0 Å². The molecule has 0 amide bonds. The van der Waals surface area contributed by atoms with Gasteiger partial charge in [0.05, 0.1) is 27.6 Å². The van der Waals surface area contributed by atoms with Crippen molar-refractivity contribution >= 4 is 43.6 Å². The molecular weight excluding hydrogens is 528 g/mol. The van der Waals surface area contributed by atoms with Gasteiger partial charge in [0.2, 0.25) is 11.8 Å². The molecule has 0 saturated carbocycles. The Hall–Kier alpha value is -5.94. The number of benzene rings is 6. The fourth-order valence-electron chi connectivity index (χ4n) is 6.45. The van der Waals surface area contributed by atoms with Crippen molar-refractivity contribution < 1.29 is 4.42 Å². The molecule has 0 unspecified atom stereocenters. The molecule has 202 valence electrons. The molecule has 0 saturated heterocycles. The van der Waals surface area contributed by atoms with Gasteiger partial charge >= 0.3 is 0 Å². The molecule has 3 aromatic heterocycles. The van der Waals surface area contributed by atoms with Gasteiger partial charge in [-0.3, -0.25) is 0 Å². The highest BCUT2D eigenvalue weighted by atomic mass is 16.4. The van der Waals surface area contributed by atoms with E-state index in [1.807, 2.05) is 12.1 Å². The number of nitrogens with zero attached hydrogens (tertiary/aromatic N) is 4. The standard InChI is InChI=1S/C38H24N4O/c1-3-12-26(13-4-1)41-33-20-9-8-17-29(33)32-24-25(22-23-35(32)41)37-39-40-38(43-37)31-19-11-18-30-28-16-7-10-21-34(28)42(36(30)31)27-14-5-2-6-15-27/h1-24H. The molecule has 0 atom stereocenters. The van der Waals surface area contributed by atoms with Crippen molar-refractivity contribution in [1.82, 2.24) is 19.3 Å². The van der Waals surface area contributed by atoms with Crippen LogP contribution < -0.4 is 0 Å². The second kappa shape index (κ2) is 9.29. The molecule has 5 nitrogen and oxygen atoms in total. The first-order valence-electron chi connectivity index (χ1n) is 14.4. The van der Waals surface area contributed by atoms with E-state index in [0.29, 0.717) is 11.8 Å². The molecule has 0 bridgehead atoms. The lowest BCUT2D eigenvalue weighted by atomic mass is 10.1. The van der Waals surface area contributed by atoms with Crippen molar-refractivity contribution in [3.8, 4) is 34.3 Å². The van der Waals surface area contributed by atoms with Gasteiger partial charge in [-0.25, -0.2) is 0 Å². The predicted molar refractivity (Wildman–Crippen MR) is 174 cm³/mol. The normalized spacial score (nSPS) is 11.7. The Balaban J connectivity index is 1.23. The lowest BCUT2D eigenvalue weighted by Crippen LogP contribution is -1.95. The fraction of sp³-hybridized carbons (Fsp3) is 0. The lowest BCUT2D eigenvalue weighted by Gasteiger charge is -2.09. The van der Waals surface area contributed by atoms with Gasteiger partial charge in [-0.15, -0.1) is 10.2 Å². The van der Waals surface area contributed by atoms with Crippen LogP contribution in [0.1, 0.15) is 0 Å². The minimum Gasteiger partial charge on any atom is -0.416 e. The summed E-state index contributed by atoms with van der Waals surface area (Å²) in [5.41, 5.74) is 8.48. The number of hydrogen-bond acceptors (Lipinski definition) is 3. The van der Waals surface area contributed by atoms with Crippen LogP contribution in [0.4, 0.5) is 0 Å². The maximum Gasteiger partial charge on any atom is 0.250 e. The summed E-state index contributed by atoms with van der Waals surface area (Å²) in [7, 11) is 0. The van der Waals surface area contributed by atoms with Crippen LogP contribution in [0.5, 0.6) is 0 Å².